The molecule has 1 aliphatic rings. The molecular formula is C15H31NO2. The second kappa shape index (κ2) is 10.4. The first-order valence-electron chi connectivity index (χ1n) is 7.43. The molecule has 1 saturated heterocycles. The van der Waals surface area contributed by atoms with Crippen LogP contribution in [0.1, 0.15) is 53.4 Å². The van der Waals surface area contributed by atoms with Gasteiger partial charge in [-0.2, -0.15) is 0 Å². The third-order valence-corrected chi connectivity index (χ3v) is 3.38. The Morgan fingerprint density at radius 1 is 1.28 bits per heavy atom. The van der Waals surface area contributed by atoms with Crippen molar-refractivity contribution in [1.29, 1.82) is 0 Å². The normalized spacial score (nSPS) is 16.4. The quantitative estimate of drug-likeness (QED) is 0.707. The van der Waals surface area contributed by atoms with Crippen LogP contribution in [-0.2, 0) is 9.53 Å². The molecule has 0 N–H and O–H groups in total. The number of carbonyl (C=O) groups is 1. The van der Waals surface area contributed by atoms with Gasteiger partial charge in [-0.05, 0) is 31.6 Å². The van der Waals surface area contributed by atoms with E-state index in [4.69, 9.17) is 4.74 Å². The smallest absolute Gasteiger partial charge is 0.225 e. The van der Waals surface area contributed by atoms with Gasteiger partial charge in [0, 0.05) is 32.7 Å². The molecule has 3 nitrogen and oxygen atoms in total. The van der Waals surface area contributed by atoms with Crippen molar-refractivity contribution in [3.8, 4) is 0 Å². The summed E-state index contributed by atoms with van der Waals surface area (Å²) in [5, 5.41) is 0. The van der Waals surface area contributed by atoms with Gasteiger partial charge in [0.25, 0.3) is 0 Å². The number of ether oxygens (including phenoxy) is 1. The molecule has 1 aliphatic heterocycles. The standard InChI is InChI=1S/C13H25NO2.C2H6/c1-11(2)13(15)14-8-6-12(7-9-14)5-4-10-16-3;1-2/h11-12H,4-10H2,1-3H3;1-2H3. The summed E-state index contributed by atoms with van der Waals surface area (Å²) in [6, 6.07) is 0. The summed E-state index contributed by atoms with van der Waals surface area (Å²) in [4.78, 5) is 13.8. The van der Waals surface area contributed by atoms with Crippen LogP contribution in [0.3, 0.4) is 0 Å². The molecule has 0 bridgehead atoms. The Kier molecular flexibility index (Phi) is 10.0. The summed E-state index contributed by atoms with van der Waals surface area (Å²) >= 11 is 0. The van der Waals surface area contributed by atoms with E-state index in [1.807, 2.05) is 32.6 Å². The monoisotopic (exact) mass is 257 g/mol. The van der Waals surface area contributed by atoms with Gasteiger partial charge in [-0.25, -0.2) is 0 Å². The van der Waals surface area contributed by atoms with Crippen molar-refractivity contribution < 1.29 is 9.53 Å². The van der Waals surface area contributed by atoms with Gasteiger partial charge in [-0.3, -0.25) is 4.79 Å². The Balaban J connectivity index is 0.00000137. The molecule has 0 spiro atoms. The van der Waals surface area contributed by atoms with E-state index >= 15 is 0 Å². The van der Waals surface area contributed by atoms with Crippen LogP contribution < -0.4 is 0 Å². The topological polar surface area (TPSA) is 29.5 Å². The van der Waals surface area contributed by atoms with Crippen LogP contribution in [0.5, 0.6) is 0 Å². The van der Waals surface area contributed by atoms with Crippen LogP contribution in [0, 0.1) is 11.8 Å². The van der Waals surface area contributed by atoms with Crippen molar-refractivity contribution >= 4 is 5.91 Å². The Labute approximate surface area is 113 Å². The summed E-state index contributed by atoms with van der Waals surface area (Å²) < 4.78 is 5.06. The van der Waals surface area contributed by atoms with Gasteiger partial charge in [0.15, 0.2) is 0 Å². The molecule has 1 fully saturated rings. The molecular weight excluding hydrogens is 226 g/mol. The molecule has 3 heteroatoms. The van der Waals surface area contributed by atoms with Gasteiger partial charge in [0.2, 0.25) is 5.91 Å². The second-order valence-corrected chi connectivity index (χ2v) is 5.06. The summed E-state index contributed by atoms with van der Waals surface area (Å²) in [7, 11) is 1.75. The zero-order valence-electron chi connectivity index (χ0n) is 12.9. The van der Waals surface area contributed by atoms with Crippen LogP contribution in [0.4, 0.5) is 0 Å². The van der Waals surface area contributed by atoms with E-state index in [0.29, 0.717) is 5.91 Å². The summed E-state index contributed by atoms with van der Waals surface area (Å²) in [5.74, 6) is 1.26. The minimum Gasteiger partial charge on any atom is -0.385 e. The number of carbonyl (C=O) groups excluding carboxylic acids is 1. The van der Waals surface area contributed by atoms with Gasteiger partial charge in [0.05, 0.1) is 0 Å². The van der Waals surface area contributed by atoms with Crippen LogP contribution in [0.15, 0.2) is 0 Å². The highest BCUT2D eigenvalue weighted by Crippen LogP contribution is 2.22. The maximum absolute atomic E-state index is 11.8. The zero-order valence-corrected chi connectivity index (χ0v) is 12.9. The van der Waals surface area contributed by atoms with Gasteiger partial charge in [-0.15, -0.1) is 0 Å². The fraction of sp³-hybridized carbons (Fsp3) is 0.933. The number of amides is 1. The van der Waals surface area contributed by atoms with Crippen molar-refractivity contribution in [2.24, 2.45) is 11.8 Å². The average Bonchev–Trinajstić information content (AvgIpc) is 2.41. The first kappa shape index (κ1) is 17.4. The van der Waals surface area contributed by atoms with Gasteiger partial charge < -0.3 is 9.64 Å². The van der Waals surface area contributed by atoms with Crippen molar-refractivity contribution in [2.45, 2.75) is 53.4 Å². The molecule has 18 heavy (non-hydrogen) atoms. The largest absolute Gasteiger partial charge is 0.385 e. The lowest BCUT2D eigenvalue weighted by molar-refractivity contribution is -0.135. The highest BCUT2D eigenvalue weighted by Gasteiger charge is 2.23. The molecule has 0 aromatic carbocycles. The minimum atomic E-state index is 0.144. The number of rotatable bonds is 5. The van der Waals surface area contributed by atoms with Gasteiger partial charge in [-0.1, -0.05) is 27.7 Å². The number of methoxy groups -OCH3 is 1. The number of hydrogen-bond donors (Lipinski definition) is 0. The molecule has 0 aromatic heterocycles. The maximum atomic E-state index is 11.8. The lowest BCUT2D eigenvalue weighted by Crippen LogP contribution is -2.40. The van der Waals surface area contributed by atoms with Crippen LogP contribution >= 0.6 is 0 Å². The molecule has 1 heterocycles. The Morgan fingerprint density at radius 2 is 1.83 bits per heavy atom. The number of likely N-dealkylation sites (tertiary alicyclic amines) is 1. The van der Waals surface area contributed by atoms with E-state index in [9.17, 15) is 4.79 Å². The fourth-order valence-electron chi connectivity index (χ4n) is 2.32. The lowest BCUT2D eigenvalue weighted by atomic mass is 9.92. The average molecular weight is 257 g/mol. The Morgan fingerprint density at radius 3 is 2.28 bits per heavy atom. The molecule has 1 rings (SSSR count). The molecule has 0 saturated carbocycles. The van der Waals surface area contributed by atoms with E-state index in [0.717, 1.165) is 32.0 Å². The maximum Gasteiger partial charge on any atom is 0.225 e. The minimum absolute atomic E-state index is 0.144. The Bertz CT molecular complexity index is 209. The lowest BCUT2D eigenvalue weighted by Gasteiger charge is -2.33. The molecule has 0 unspecified atom stereocenters. The Hall–Kier alpha value is -0.570. The molecule has 0 aliphatic carbocycles. The molecule has 0 radical (unpaired) electrons. The van der Waals surface area contributed by atoms with E-state index in [1.54, 1.807) is 7.11 Å². The first-order chi connectivity index (χ1) is 8.65. The molecule has 0 atom stereocenters. The van der Waals surface area contributed by atoms with Crippen molar-refractivity contribution in [1.82, 2.24) is 4.90 Å². The van der Waals surface area contributed by atoms with Crippen molar-refractivity contribution in [2.75, 3.05) is 26.8 Å². The molecule has 0 aromatic rings. The molecule has 1 amide bonds. The van der Waals surface area contributed by atoms with E-state index in [2.05, 4.69) is 0 Å². The summed E-state index contributed by atoms with van der Waals surface area (Å²) in [5.41, 5.74) is 0. The van der Waals surface area contributed by atoms with E-state index < -0.39 is 0 Å². The number of piperidine rings is 1. The molecule has 108 valence electrons. The third-order valence-electron chi connectivity index (χ3n) is 3.38. The zero-order chi connectivity index (χ0) is 14.0. The van der Waals surface area contributed by atoms with E-state index in [-0.39, 0.29) is 5.92 Å². The first-order valence-corrected chi connectivity index (χ1v) is 7.43. The number of nitrogens with zero attached hydrogens (tertiary/aromatic N) is 1. The highest BCUT2D eigenvalue weighted by atomic mass is 16.5. The number of hydrogen-bond acceptors (Lipinski definition) is 2. The fourth-order valence-corrected chi connectivity index (χ4v) is 2.32. The predicted octanol–water partition coefficient (Wildman–Crippen LogP) is 3.33. The van der Waals surface area contributed by atoms with E-state index in [1.165, 1.54) is 19.3 Å². The third kappa shape index (κ3) is 6.39. The summed E-state index contributed by atoms with van der Waals surface area (Å²) in [6.45, 7) is 10.7. The second-order valence-electron chi connectivity index (χ2n) is 5.06. The SMILES string of the molecule is CC.COCCCC1CCN(C(=O)C(C)C)CC1. The van der Waals surface area contributed by atoms with Crippen LogP contribution in [0.25, 0.3) is 0 Å². The van der Waals surface area contributed by atoms with Crippen LogP contribution in [-0.4, -0.2) is 37.6 Å². The highest BCUT2D eigenvalue weighted by molar-refractivity contribution is 5.78. The van der Waals surface area contributed by atoms with Crippen LogP contribution in [0.2, 0.25) is 0 Å². The van der Waals surface area contributed by atoms with Gasteiger partial charge in [0.1, 0.15) is 0 Å². The van der Waals surface area contributed by atoms with Crippen molar-refractivity contribution in [3.63, 3.8) is 0 Å². The van der Waals surface area contributed by atoms with Crippen molar-refractivity contribution in [3.05, 3.63) is 0 Å². The summed E-state index contributed by atoms with van der Waals surface area (Å²) in [6.07, 6.45) is 4.74. The van der Waals surface area contributed by atoms with Gasteiger partial charge >= 0.3 is 0 Å². The predicted molar refractivity (Wildman–Crippen MR) is 76.6 cm³/mol.